The van der Waals surface area contributed by atoms with Gasteiger partial charge in [-0.15, -0.1) is 0 Å². The lowest BCUT2D eigenvalue weighted by Gasteiger charge is -2.24. The summed E-state index contributed by atoms with van der Waals surface area (Å²) in [5.74, 6) is -1.77. The standard InChI is InChI=1S/C21H27FN4O5/c1-21(2,3)31-20(30)23-13-7-8-25(12-13)16-6-4-5-14(22)18(16)24-15-11-17(28)26(9-10-27)19(15)29/h4-6,11,13,24,27H,7-10,12H2,1-3H3,(H,23,30). The van der Waals surface area contributed by atoms with Gasteiger partial charge in [-0.25, -0.2) is 9.18 Å². The van der Waals surface area contributed by atoms with Crippen LogP contribution in [0.1, 0.15) is 27.2 Å². The number of anilines is 2. The number of ether oxygens (including phenoxy) is 1. The minimum absolute atomic E-state index is 0.0626. The second-order valence-corrected chi connectivity index (χ2v) is 8.41. The predicted octanol–water partition coefficient (Wildman–Crippen LogP) is 1.59. The first kappa shape index (κ1) is 22.5. The number of imide groups is 1. The number of aliphatic hydroxyl groups excluding tert-OH is 1. The van der Waals surface area contributed by atoms with E-state index < -0.39 is 29.3 Å². The number of β-amino-alcohol motifs (C(OH)–C–C–N with tert-alkyl or cyclic N) is 1. The Morgan fingerprint density at radius 2 is 2.06 bits per heavy atom. The van der Waals surface area contributed by atoms with Gasteiger partial charge in [-0.3, -0.25) is 14.5 Å². The summed E-state index contributed by atoms with van der Waals surface area (Å²) in [6.07, 6.45) is 1.21. The van der Waals surface area contributed by atoms with E-state index in [2.05, 4.69) is 10.6 Å². The number of benzene rings is 1. The molecule has 1 saturated heterocycles. The molecule has 3 amide bonds. The molecule has 0 saturated carbocycles. The molecule has 0 spiro atoms. The van der Waals surface area contributed by atoms with Crippen LogP contribution in [0.4, 0.5) is 20.6 Å². The molecule has 1 aromatic carbocycles. The van der Waals surface area contributed by atoms with Crippen LogP contribution in [0.15, 0.2) is 30.0 Å². The van der Waals surface area contributed by atoms with Crippen LogP contribution in [0.25, 0.3) is 0 Å². The van der Waals surface area contributed by atoms with E-state index in [1.54, 1.807) is 32.9 Å². The van der Waals surface area contributed by atoms with Crippen LogP contribution in [0.3, 0.4) is 0 Å². The van der Waals surface area contributed by atoms with Crippen LogP contribution < -0.4 is 15.5 Å². The lowest BCUT2D eigenvalue weighted by atomic mass is 10.2. The van der Waals surface area contributed by atoms with Crippen molar-refractivity contribution in [2.75, 3.05) is 36.5 Å². The minimum atomic E-state index is -0.626. The number of halogens is 1. The van der Waals surface area contributed by atoms with Gasteiger partial charge in [-0.2, -0.15) is 0 Å². The van der Waals surface area contributed by atoms with Crippen LogP contribution in [0.2, 0.25) is 0 Å². The highest BCUT2D eigenvalue weighted by molar-refractivity contribution is 6.17. The third-order valence-corrected chi connectivity index (χ3v) is 4.83. The minimum Gasteiger partial charge on any atom is -0.444 e. The number of nitrogens with zero attached hydrogens (tertiary/aromatic N) is 2. The van der Waals surface area contributed by atoms with Crippen molar-refractivity contribution in [3.05, 3.63) is 35.8 Å². The molecule has 1 unspecified atom stereocenters. The lowest BCUT2D eigenvalue weighted by molar-refractivity contribution is -0.137. The van der Waals surface area contributed by atoms with Crippen LogP contribution >= 0.6 is 0 Å². The molecule has 1 atom stereocenters. The van der Waals surface area contributed by atoms with E-state index in [0.29, 0.717) is 25.2 Å². The molecule has 0 radical (unpaired) electrons. The first-order chi connectivity index (χ1) is 14.6. The maximum atomic E-state index is 14.7. The average Bonchev–Trinajstić information content (AvgIpc) is 3.22. The number of hydrogen-bond acceptors (Lipinski definition) is 7. The maximum Gasteiger partial charge on any atom is 0.407 e. The summed E-state index contributed by atoms with van der Waals surface area (Å²) in [7, 11) is 0. The van der Waals surface area contributed by atoms with Gasteiger partial charge in [0.1, 0.15) is 17.1 Å². The summed E-state index contributed by atoms with van der Waals surface area (Å²) in [5.41, 5.74) is -0.0911. The van der Waals surface area contributed by atoms with Gasteiger partial charge in [0.15, 0.2) is 0 Å². The van der Waals surface area contributed by atoms with E-state index in [-0.39, 0.29) is 30.6 Å². The molecule has 10 heteroatoms. The molecule has 1 fully saturated rings. The van der Waals surface area contributed by atoms with Gasteiger partial charge in [-0.05, 0) is 39.3 Å². The zero-order valence-electron chi connectivity index (χ0n) is 17.8. The second-order valence-electron chi connectivity index (χ2n) is 8.41. The quantitative estimate of drug-likeness (QED) is 0.583. The van der Waals surface area contributed by atoms with E-state index in [9.17, 15) is 18.8 Å². The Morgan fingerprint density at radius 1 is 1.32 bits per heavy atom. The van der Waals surface area contributed by atoms with Crippen LogP contribution in [0, 0.1) is 5.82 Å². The van der Waals surface area contributed by atoms with Crippen molar-refractivity contribution >= 4 is 29.3 Å². The Bertz CT molecular complexity index is 912. The van der Waals surface area contributed by atoms with E-state index in [1.165, 1.54) is 6.07 Å². The number of nitrogens with one attached hydrogen (secondary N) is 2. The summed E-state index contributed by atoms with van der Waals surface area (Å²) in [6.45, 7) is 5.84. The highest BCUT2D eigenvalue weighted by atomic mass is 19.1. The van der Waals surface area contributed by atoms with Gasteiger partial charge < -0.3 is 25.4 Å². The molecule has 2 aliphatic rings. The molecule has 1 aromatic rings. The number of carbonyl (C=O) groups is 3. The molecule has 3 N–H and O–H groups in total. The normalized spacial score (nSPS) is 19.0. The second kappa shape index (κ2) is 8.93. The predicted molar refractivity (Wildman–Crippen MR) is 112 cm³/mol. The van der Waals surface area contributed by atoms with Crippen LogP contribution in [-0.2, 0) is 14.3 Å². The molecule has 2 heterocycles. The fraction of sp³-hybridized carbons (Fsp3) is 0.476. The fourth-order valence-corrected chi connectivity index (χ4v) is 3.52. The number of hydrogen-bond donors (Lipinski definition) is 3. The summed E-state index contributed by atoms with van der Waals surface area (Å²) < 4.78 is 19.9. The molecule has 9 nitrogen and oxygen atoms in total. The first-order valence-corrected chi connectivity index (χ1v) is 10.1. The molecule has 3 rings (SSSR count). The first-order valence-electron chi connectivity index (χ1n) is 10.1. The average molecular weight is 434 g/mol. The van der Waals surface area contributed by atoms with Gasteiger partial charge in [0.2, 0.25) is 0 Å². The summed E-state index contributed by atoms with van der Waals surface area (Å²) >= 11 is 0. The molecule has 0 bridgehead atoms. The van der Waals surface area contributed by atoms with E-state index >= 15 is 0 Å². The number of carbonyl (C=O) groups excluding carboxylic acids is 3. The van der Waals surface area contributed by atoms with Crippen LogP contribution in [-0.4, -0.2) is 65.8 Å². The number of rotatable bonds is 6. The molecule has 31 heavy (non-hydrogen) atoms. The van der Waals surface area contributed by atoms with Gasteiger partial charge >= 0.3 is 6.09 Å². The Hall–Kier alpha value is -3.14. The van der Waals surface area contributed by atoms with Gasteiger partial charge in [0, 0.05) is 19.2 Å². The van der Waals surface area contributed by atoms with Crippen LogP contribution in [0.5, 0.6) is 0 Å². The smallest absolute Gasteiger partial charge is 0.407 e. The summed E-state index contributed by atoms with van der Waals surface area (Å²) in [4.78, 5) is 39.2. The molecule has 168 valence electrons. The Balaban J connectivity index is 1.72. The van der Waals surface area contributed by atoms with Crippen molar-refractivity contribution in [3.63, 3.8) is 0 Å². The number of aliphatic hydroxyl groups is 1. The number of alkyl carbamates (subject to hydrolysis) is 1. The molecule has 0 aromatic heterocycles. The van der Waals surface area contributed by atoms with Gasteiger partial charge in [-0.1, -0.05) is 6.07 Å². The highest BCUT2D eigenvalue weighted by Crippen LogP contribution is 2.33. The number of para-hydroxylation sites is 1. The molecule has 2 aliphatic heterocycles. The molecular weight excluding hydrogens is 407 g/mol. The van der Waals surface area contributed by atoms with Gasteiger partial charge in [0.05, 0.1) is 30.6 Å². The number of amides is 3. The van der Waals surface area contributed by atoms with Gasteiger partial charge in [0.25, 0.3) is 11.8 Å². The monoisotopic (exact) mass is 434 g/mol. The summed E-state index contributed by atoms with van der Waals surface area (Å²) in [5, 5.41) is 14.6. The van der Waals surface area contributed by atoms with Crippen molar-refractivity contribution < 1.29 is 28.6 Å². The zero-order valence-corrected chi connectivity index (χ0v) is 17.8. The molecule has 0 aliphatic carbocycles. The molecular formula is C21H27FN4O5. The van der Waals surface area contributed by atoms with E-state index in [0.717, 1.165) is 11.0 Å². The third kappa shape index (κ3) is 5.32. The van der Waals surface area contributed by atoms with Crippen molar-refractivity contribution in [3.8, 4) is 0 Å². The Labute approximate surface area is 179 Å². The highest BCUT2D eigenvalue weighted by Gasteiger charge is 2.33. The topological polar surface area (TPSA) is 111 Å². The Morgan fingerprint density at radius 3 is 2.74 bits per heavy atom. The fourth-order valence-electron chi connectivity index (χ4n) is 3.52. The van der Waals surface area contributed by atoms with E-state index in [4.69, 9.17) is 9.84 Å². The Kier molecular flexibility index (Phi) is 6.49. The lowest BCUT2D eigenvalue weighted by Crippen LogP contribution is -2.40. The van der Waals surface area contributed by atoms with Crippen molar-refractivity contribution in [2.45, 2.75) is 38.8 Å². The van der Waals surface area contributed by atoms with E-state index in [1.807, 2.05) is 4.90 Å². The maximum absolute atomic E-state index is 14.7. The van der Waals surface area contributed by atoms with Crippen molar-refractivity contribution in [2.24, 2.45) is 0 Å². The van der Waals surface area contributed by atoms with Crippen molar-refractivity contribution in [1.82, 2.24) is 10.2 Å². The largest absolute Gasteiger partial charge is 0.444 e. The summed E-state index contributed by atoms with van der Waals surface area (Å²) in [6, 6.07) is 4.33. The SMILES string of the molecule is CC(C)(C)OC(=O)NC1CCN(c2cccc(F)c2NC2=CC(=O)N(CCO)C2=O)C1. The van der Waals surface area contributed by atoms with Crippen molar-refractivity contribution in [1.29, 1.82) is 0 Å². The third-order valence-electron chi connectivity index (χ3n) is 4.83. The zero-order chi connectivity index (χ0) is 22.8.